The molecule has 0 heterocycles. The van der Waals surface area contributed by atoms with E-state index in [9.17, 15) is 10.2 Å². The molecule has 1 aromatic rings. The third kappa shape index (κ3) is 3.35. The third-order valence-electron chi connectivity index (χ3n) is 2.29. The summed E-state index contributed by atoms with van der Waals surface area (Å²) in [6.45, 7) is 0. The van der Waals surface area contributed by atoms with Crippen LogP contribution in [0.3, 0.4) is 0 Å². The quantitative estimate of drug-likeness (QED) is 0.822. The van der Waals surface area contributed by atoms with E-state index in [-0.39, 0.29) is 0 Å². The van der Waals surface area contributed by atoms with Gasteiger partial charge in [-0.05, 0) is 24.1 Å². The number of rotatable bonds is 5. The fourth-order valence-corrected chi connectivity index (χ4v) is 2.09. The van der Waals surface area contributed by atoms with Gasteiger partial charge in [-0.15, -0.1) is 0 Å². The Balaban J connectivity index is 2.84. The lowest BCUT2D eigenvalue weighted by molar-refractivity contribution is 0.0173. The molecule has 0 aliphatic carbocycles. The number of hydrogen-bond acceptors (Lipinski definition) is 3. The van der Waals surface area contributed by atoms with E-state index in [0.29, 0.717) is 28.1 Å². The maximum absolute atomic E-state index is 9.84. The predicted octanol–water partition coefficient (Wildman–Crippen LogP) is 2.53. The van der Waals surface area contributed by atoms with E-state index in [0.717, 1.165) is 0 Å². The minimum atomic E-state index is -0.930. The Morgan fingerprint density at radius 2 is 2.12 bits per heavy atom. The van der Waals surface area contributed by atoms with Crippen LogP contribution in [0.2, 0.25) is 5.02 Å². The summed E-state index contributed by atoms with van der Waals surface area (Å²) in [6, 6.07) is 4.96. The van der Waals surface area contributed by atoms with Gasteiger partial charge in [-0.2, -0.15) is 0 Å². The first-order valence-corrected chi connectivity index (χ1v) is 6.35. The molecular formula is C11H14BrClO3. The maximum atomic E-state index is 9.84. The first-order chi connectivity index (χ1) is 7.60. The summed E-state index contributed by atoms with van der Waals surface area (Å²) >= 11 is 9.14. The van der Waals surface area contributed by atoms with Crippen molar-refractivity contribution in [1.29, 1.82) is 0 Å². The summed E-state index contributed by atoms with van der Waals surface area (Å²) in [5, 5.41) is 20.5. The van der Waals surface area contributed by atoms with Crippen molar-refractivity contribution in [2.75, 3.05) is 12.4 Å². The van der Waals surface area contributed by atoms with Crippen LogP contribution in [0, 0.1) is 0 Å². The average molecular weight is 310 g/mol. The summed E-state index contributed by atoms with van der Waals surface area (Å²) in [5.74, 6) is 0.549. The van der Waals surface area contributed by atoms with Crippen LogP contribution in [0.15, 0.2) is 18.2 Å². The van der Waals surface area contributed by atoms with Crippen LogP contribution in [0.4, 0.5) is 0 Å². The molecule has 16 heavy (non-hydrogen) atoms. The van der Waals surface area contributed by atoms with Gasteiger partial charge in [0.05, 0.1) is 18.2 Å². The Kier molecular flexibility index (Phi) is 5.55. The number of alkyl halides is 1. The fourth-order valence-electron chi connectivity index (χ4n) is 1.36. The molecule has 1 aromatic carbocycles. The summed E-state index contributed by atoms with van der Waals surface area (Å²) < 4.78 is 5.00. The molecule has 0 bridgehead atoms. The second kappa shape index (κ2) is 6.45. The molecule has 0 saturated carbocycles. The highest BCUT2D eigenvalue weighted by Crippen LogP contribution is 2.29. The lowest BCUT2D eigenvalue weighted by Gasteiger charge is -2.17. The SMILES string of the molecule is COc1ccc(C(O)C(O)CCBr)cc1Cl. The van der Waals surface area contributed by atoms with Crippen molar-refractivity contribution < 1.29 is 14.9 Å². The fraction of sp³-hybridized carbons (Fsp3) is 0.455. The summed E-state index contributed by atoms with van der Waals surface area (Å²) in [4.78, 5) is 0. The smallest absolute Gasteiger partial charge is 0.137 e. The molecule has 90 valence electrons. The molecule has 0 aromatic heterocycles. The average Bonchev–Trinajstić information content (AvgIpc) is 2.28. The Hall–Kier alpha value is -0.290. The molecule has 0 aliphatic heterocycles. The lowest BCUT2D eigenvalue weighted by atomic mass is 10.0. The molecule has 3 nitrogen and oxygen atoms in total. The number of aliphatic hydroxyl groups excluding tert-OH is 2. The molecule has 0 saturated heterocycles. The van der Waals surface area contributed by atoms with E-state index in [1.54, 1.807) is 18.2 Å². The van der Waals surface area contributed by atoms with Crippen molar-refractivity contribution in [1.82, 2.24) is 0 Å². The Bertz CT molecular complexity index is 346. The van der Waals surface area contributed by atoms with Crippen molar-refractivity contribution in [2.24, 2.45) is 0 Å². The van der Waals surface area contributed by atoms with Gasteiger partial charge in [-0.25, -0.2) is 0 Å². The second-order valence-electron chi connectivity index (χ2n) is 3.38. The zero-order chi connectivity index (χ0) is 12.1. The number of ether oxygens (including phenoxy) is 1. The van der Waals surface area contributed by atoms with Gasteiger partial charge in [0.25, 0.3) is 0 Å². The molecule has 0 fully saturated rings. The molecule has 5 heteroatoms. The summed E-state index contributed by atoms with van der Waals surface area (Å²) in [6.07, 6.45) is -1.25. The standard InChI is InChI=1S/C11H14BrClO3/c1-16-10-3-2-7(6-8(10)13)11(15)9(14)4-5-12/h2-3,6,9,11,14-15H,4-5H2,1H3. The number of halogens is 2. The van der Waals surface area contributed by atoms with Crippen molar-refractivity contribution >= 4 is 27.5 Å². The van der Waals surface area contributed by atoms with Crippen LogP contribution >= 0.6 is 27.5 Å². The van der Waals surface area contributed by atoms with Gasteiger partial charge >= 0.3 is 0 Å². The highest BCUT2D eigenvalue weighted by atomic mass is 79.9. The lowest BCUT2D eigenvalue weighted by Crippen LogP contribution is -2.18. The van der Waals surface area contributed by atoms with Gasteiger partial charge in [-0.3, -0.25) is 0 Å². The van der Waals surface area contributed by atoms with Crippen LogP contribution in [-0.4, -0.2) is 28.8 Å². The van der Waals surface area contributed by atoms with Crippen LogP contribution < -0.4 is 4.74 Å². The van der Waals surface area contributed by atoms with Gasteiger partial charge < -0.3 is 14.9 Å². The topological polar surface area (TPSA) is 49.7 Å². The molecular weight excluding hydrogens is 295 g/mol. The largest absolute Gasteiger partial charge is 0.495 e. The van der Waals surface area contributed by atoms with E-state index >= 15 is 0 Å². The number of methoxy groups -OCH3 is 1. The van der Waals surface area contributed by atoms with Crippen LogP contribution in [-0.2, 0) is 0 Å². The third-order valence-corrected chi connectivity index (χ3v) is 3.04. The van der Waals surface area contributed by atoms with Crippen molar-refractivity contribution in [3.05, 3.63) is 28.8 Å². The summed E-state index contributed by atoms with van der Waals surface area (Å²) in [5.41, 5.74) is 0.583. The Morgan fingerprint density at radius 3 is 2.62 bits per heavy atom. The normalized spacial score (nSPS) is 14.6. The van der Waals surface area contributed by atoms with E-state index in [1.807, 2.05) is 0 Å². The molecule has 0 spiro atoms. The van der Waals surface area contributed by atoms with Gasteiger partial charge in [0.1, 0.15) is 11.9 Å². The van der Waals surface area contributed by atoms with Crippen LogP contribution in [0.25, 0.3) is 0 Å². The van der Waals surface area contributed by atoms with Gasteiger partial charge in [0, 0.05) is 5.33 Å². The van der Waals surface area contributed by atoms with E-state index in [2.05, 4.69) is 15.9 Å². The monoisotopic (exact) mass is 308 g/mol. The highest BCUT2D eigenvalue weighted by molar-refractivity contribution is 9.09. The van der Waals surface area contributed by atoms with Gasteiger partial charge in [0.2, 0.25) is 0 Å². The number of aliphatic hydroxyl groups is 2. The highest BCUT2D eigenvalue weighted by Gasteiger charge is 2.18. The van der Waals surface area contributed by atoms with Crippen molar-refractivity contribution in [3.63, 3.8) is 0 Å². The van der Waals surface area contributed by atoms with Crippen LogP contribution in [0.1, 0.15) is 18.1 Å². The number of benzene rings is 1. The van der Waals surface area contributed by atoms with Crippen molar-refractivity contribution in [3.8, 4) is 5.75 Å². The molecule has 2 N–H and O–H groups in total. The molecule has 2 unspecified atom stereocenters. The van der Waals surface area contributed by atoms with E-state index < -0.39 is 12.2 Å². The van der Waals surface area contributed by atoms with E-state index in [4.69, 9.17) is 16.3 Å². The van der Waals surface area contributed by atoms with Gasteiger partial charge in [-0.1, -0.05) is 33.6 Å². The first kappa shape index (κ1) is 13.8. The van der Waals surface area contributed by atoms with Crippen LogP contribution in [0.5, 0.6) is 5.75 Å². The minimum Gasteiger partial charge on any atom is -0.495 e. The molecule has 2 atom stereocenters. The minimum absolute atomic E-state index is 0.421. The zero-order valence-corrected chi connectivity index (χ0v) is 11.2. The Morgan fingerprint density at radius 1 is 1.44 bits per heavy atom. The van der Waals surface area contributed by atoms with Gasteiger partial charge in [0.15, 0.2) is 0 Å². The molecule has 0 radical (unpaired) electrons. The first-order valence-electron chi connectivity index (χ1n) is 4.85. The molecule has 1 rings (SSSR count). The van der Waals surface area contributed by atoms with Crippen molar-refractivity contribution in [2.45, 2.75) is 18.6 Å². The van der Waals surface area contributed by atoms with E-state index in [1.165, 1.54) is 7.11 Å². The molecule has 0 amide bonds. The zero-order valence-electron chi connectivity index (χ0n) is 8.86. The Labute approximate surface area is 108 Å². The number of hydrogen-bond donors (Lipinski definition) is 2. The predicted molar refractivity (Wildman–Crippen MR) is 67.4 cm³/mol. The second-order valence-corrected chi connectivity index (χ2v) is 4.58. The summed E-state index contributed by atoms with van der Waals surface area (Å²) in [7, 11) is 1.52. The molecule has 0 aliphatic rings. The maximum Gasteiger partial charge on any atom is 0.137 e.